The zero-order valence-electron chi connectivity index (χ0n) is 16.7. The molecule has 0 bridgehead atoms. The number of benzene rings is 2. The summed E-state index contributed by atoms with van der Waals surface area (Å²) in [5, 5.41) is 13.8. The molecule has 2 aromatic rings. The van der Waals surface area contributed by atoms with Gasteiger partial charge in [-0.25, -0.2) is 0 Å². The number of hydrogen-bond acceptors (Lipinski definition) is 3. The molecule has 0 aromatic heterocycles. The number of nitrogens with zero attached hydrogens (tertiary/aromatic N) is 2. The molecule has 4 rings (SSSR count). The third kappa shape index (κ3) is 3.35. The van der Waals surface area contributed by atoms with Crippen LogP contribution in [0.3, 0.4) is 0 Å². The molecule has 0 amide bonds. The zero-order valence-corrected chi connectivity index (χ0v) is 17.5. The molecule has 0 fully saturated rings. The van der Waals surface area contributed by atoms with Crippen molar-refractivity contribution in [2.75, 3.05) is 11.4 Å². The average Bonchev–Trinajstić information content (AvgIpc) is 2.79. The Morgan fingerprint density at radius 3 is 2.24 bits per heavy atom. The molecule has 2 aromatic carbocycles. The Balaban J connectivity index is 1.83. The SMILES string of the molecule is CC1(C)C=C(CN2c3ccccc3Sc3ccc(C(F)(F)F)cc32)C(C)(C)N1[O]. The smallest absolute Gasteiger partial charge is 0.335 e. The van der Waals surface area contributed by atoms with E-state index in [2.05, 4.69) is 0 Å². The molecule has 0 N–H and O–H groups in total. The van der Waals surface area contributed by atoms with Gasteiger partial charge in [0, 0.05) is 16.3 Å². The number of anilines is 2. The predicted octanol–water partition coefficient (Wildman–Crippen LogP) is 6.45. The lowest BCUT2D eigenvalue weighted by Gasteiger charge is -2.38. The predicted molar refractivity (Wildman–Crippen MR) is 108 cm³/mol. The van der Waals surface area contributed by atoms with Crippen LogP contribution in [0.4, 0.5) is 24.5 Å². The molecule has 2 aliphatic heterocycles. The molecule has 0 saturated heterocycles. The van der Waals surface area contributed by atoms with Crippen molar-refractivity contribution in [3.8, 4) is 0 Å². The van der Waals surface area contributed by atoms with Crippen molar-refractivity contribution < 1.29 is 18.4 Å². The topological polar surface area (TPSA) is 26.4 Å². The van der Waals surface area contributed by atoms with E-state index in [0.29, 0.717) is 12.2 Å². The van der Waals surface area contributed by atoms with Gasteiger partial charge in [-0.15, -0.1) is 10.3 Å². The maximum atomic E-state index is 13.4. The summed E-state index contributed by atoms with van der Waals surface area (Å²) in [6, 6.07) is 11.5. The summed E-state index contributed by atoms with van der Waals surface area (Å²) in [4.78, 5) is 3.65. The van der Waals surface area contributed by atoms with Crippen molar-refractivity contribution in [1.29, 1.82) is 0 Å². The molecule has 153 valence electrons. The van der Waals surface area contributed by atoms with E-state index in [1.165, 1.54) is 23.9 Å². The highest BCUT2D eigenvalue weighted by Gasteiger charge is 2.47. The molecule has 0 atom stereocenters. The Labute approximate surface area is 172 Å². The van der Waals surface area contributed by atoms with Gasteiger partial charge in [0.15, 0.2) is 0 Å². The fourth-order valence-electron chi connectivity index (χ4n) is 4.10. The van der Waals surface area contributed by atoms with Crippen LogP contribution in [0.2, 0.25) is 0 Å². The fraction of sp³-hybridized carbons (Fsp3) is 0.364. The lowest BCUT2D eigenvalue weighted by atomic mass is 9.95. The summed E-state index contributed by atoms with van der Waals surface area (Å²) in [5.41, 5.74) is 0.171. The normalized spacial score (nSPS) is 20.3. The Morgan fingerprint density at radius 1 is 0.966 bits per heavy atom. The van der Waals surface area contributed by atoms with E-state index >= 15 is 0 Å². The summed E-state index contributed by atoms with van der Waals surface area (Å²) in [6.07, 6.45) is -2.47. The first-order valence-corrected chi connectivity index (χ1v) is 10.2. The molecule has 7 heteroatoms. The summed E-state index contributed by atoms with van der Waals surface area (Å²) < 4.78 is 40.1. The quantitative estimate of drug-likeness (QED) is 0.523. The van der Waals surface area contributed by atoms with E-state index in [9.17, 15) is 18.4 Å². The number of hydrogen-bond donors (Lipinski definition) is 0. The second-order valence-electron chi connectivity index (χ2n) is 8.51. The number of hydroxylamine groups is 2. The van der Waals surface area contributed by atoms with Gasteiger partial charge in [-0.05, 0) is 63.6 Å². The minimum absolute atomic E-state index is 0.348. The first kappa shape index (κ1) is 20.3. The summed E-state index contributed by atoms with van der Waals surface area (Å²) in [6.45, 7) is 7.77. The van der Waals surface area contributed by atoms with E-state index in [1.807, 2.05) is 62.9 Å². The van der Waals surface area contributed by atoms with Crippen molar-refractivity contribution in [1.82, 2.24) is 5.06 Å². The van der Waals surface area contributed by atoms with E-state index in [1.54, 1.807) is 0 Å². The molecular weight excluding hydrogens is 397 g/mol. The minimum atomic E-state index is -4.41. The third-order valence-corrected chi connectivity index (χ3v) is 6.76. The summed E-state index contributed by atoms with van der Waals surface area (Å²) in [5.74, 6) is 0. The van der Waals surface area contributed by atoms with E-state index < -0.39 is 22.8 Å². The van der Waals surface area contributed by atoms with Gasteiger partial charge >= 0.3 is 6.18 Å². The molecule has 0 spiro atoms. The standard InChI is InChI=1S/C22H22F3N2OS/c1-20(2)12-15(21(3,4)27(20)28)13-26-16-7-5-6-8-18(16)29-19-10-9-14(11-17(19)26)22(23,24)25/h5-12H,13H2,1-4H3. The summed E-state index contributed by atoms with van der Waals surface area (Å²) in [7, 11) is 0. The van der Waals surface area contributed by atoms with Crippen LogP contribution >= 0.6 is 11.8 Å². The van der Waals surface area contributed by atoms with Crippen LogP contribution < -0.4 is 4.90 Å². The Morgan fingerprint density at radius 2 is 1.62 bits per heavy atom. The number of halogens is 3. The van der Waals surface area contributed by atoms with Crippen molar-refractivity contribution in [3.05, 3.63) is 59.7 Å². The van der Waals surface area contributed by atoms with Crippen molar-refractivity contribution >= 4 is 23.1 Å². The highest BCUT2D eigenvalue weighted by Crippen LogP contribution is 2.51. The fourth-order valence-corrected chi connectivity index (χ4v) is 5.17. The average molecular weight is 419 g/mol. The van der Waals surface area contributed by atoms with Gasteiger partial charge in [0.25, 0.3) is 0 Å². The van der Waals surface area contributed by atoms with Crippen molar-refractivity contribution in [3.63, 3.8) is 0 Å². The molecule has 29 heavy (non-hydrogen) atoms. The number of para-hydroxylation sites is 1. The van der Waals surface area contributed by atoms with Gasteiger partial charge < -0.3 is 4.90 Å². The molecule has 3 nitrogen and oxygen atoms in total. The van der Waals surface area contributed by atoms with Crippen LogP contribution in [-0.2, 0) is 11.4 Å². The maximum absolute atomic E-state index is 13.4. The van der Waals surface area contributed by atoms with Crippen LogP contribution in [0.15, 0.2) is 63.9 Å². The van der Waals surface area contributed by atoms with Crippen LogP contribution in [0, 0.1) is 0 Å². The highest BCUT2D eigenvalue weighted by atomic mass is 32.2. The largest absolute Gasteiger partial charge is 0.416 e. The van der Waals surface area contributed by atoms with E-state index in [4.69, 9.17) is 0 Å². The molecule has 0 aliphatic carbocycles. The monoisotopic (exact) mass is 419 g/mol. The van der Waals surface area contributed by atoms with Crippen LogP contribution in [-0.4, -0.2) is 22.7 Å². The number of alkyl halides is 3. The van der Waals surface area contributed by atoms with Gasteiger partial charge in [-0.2, -0.15) is 13.2 Å². The molecule has 2 aliphatic rings. The zero-order chi connectivity index (χ0) is 21.2. The first-order valence-electron chi connectivity index (χ1n) is 9.36. The van der Waals surface area contributed by atoms with Crippen LogP contribution in [0.5, 0.6) is 0 Å². The van der Waals surface area contributed by atoms with Crippen molar-refractivity contribution in [2.24, 2.45) is 0 Å². The van der Waals surface area contributed by atoms with Crippen LogP contribution in [0.25, 0.3) is 0 Å². The van der Waals surface area contributed by atoms with Crippen LogP contribution in [0.1, 0.15) is 33.3 Å². The first-order chi connectivity index (χ1) is 13.4. The second-order valence-corrected chi connectivity index (χ2v) is 9.60. The summed E-state index contributed by atoms with van der Waals surface area (Å²) >= 11 is 1.46. The lowest BCUT2D eigenvalue weighted by molar-refractivity contribution is -0.238. The Bertz CT molecular complexity index is 998. The van der Waals surface area contributed by atoms with Crippen molar-refractivity contribution in [2.45, 2.75) is 54.7 Å². The number of rotatable bonds is 2. The van der Waals surface area contributed by atoms with Gasteiger partial charge in [-0.3, -0.25) is 0 Å². The molecule has 2 heterocycles. The third-order valence-electron chi connectivity index (χ3n) is 5.63. The maximum Gasteiger partial charge on any atom is 0.416 e. The van der Waals surface area contributed by atoms with Gasteiger partial charge in [0.05, 0.1) is 28.0 Å². The number of fused-ring (bicyclic) bond motifs is 2. The molecule has 1 radical (unpaired) electrons. The highest BCUT2D eigenvalue weighted by molar-refractivity contribution is 7.99. The minimum Gasteiger partial charge on any atom is -0.335 e. The molecule has 0 unspecified atom stereocenters. The van der Waals surface area contributed by atoms with E-state index in [0.717, 1.165) is 32.2 Å². The second kappa shape index (κ2) is 6.52. The van der Waals surface area contributed by atoms with Gasteiger partial charge in [-0.1, -0.05) is 30.0 Å². The molecular formula is C22H22F3N2OS. The lowest BCUT2D eigenvalue weighted by Crippen LogP contribution is -2.47. The van der Waals surface area contributed by atoms with Gasteiger partial charge in [0.2, 0.25) is 0 Å². The molecule has 0 saturated carbocycles. The Kier molecular flexibility index (Phi) is 4.57. The Hall–Kier alpha value is -1.96. The van der Waals surface area contributed by atoms with Gasteiger partial charge in [0.1, 0.15) is 0 Å². The van der Waals surface area contributed by atoms with E-state index in [-0.39, 0.29) is 0 Å².